The van der Waals surface area contributed by atoms with E-state index in [4.69, 9.17) is 0 Å². The maximum Gasteiger partial charge on any atom is 0.295 e. The van der Waals surface area contributed by atoms with Gasteiger partial charge in [0.2, 0.25) is 5.16 Å². The highest BCUT2D eigenvalue weighted by molar-refractivity contribution is 7.92. The monoisotopic (exact) mass is 296 g/mol. The van der Waals surface area contributed by atoms with Crippen molar-refractivity contribution in [1.29, 1.82) is 0 Å². The van der Waals surface area contributed by atoms with Gasteiger partial charge in [-0.15, -0.1) is 0 Å². The first-order valence-corrected chi connectivity index (χ1v) is 7.44. The van der Waals surface area contributed by atoms with Crippen LogP contribution >= 0.6 is 0 Å². The molecule has 0 unspecified atom stereocenters. The van der Waals surface area contributed by atoms with Gasteiger partial charge in [-0.2, -0.15) is 8.42 Å². The van der Waals surface area contributed by atoms with Crippen molar-refractivity contribution in [1.82, 2.24) is 14.5 Å². The topological polar surface area (TPSA) is 96.8 Å². The molecule has 0 aromatic carbocycles. The van der Waals surface area contributed by atoms with E-state index in [2.05, 4.69) is 14.7 Å². The van der Waals surface area contributed by atoms with Crippen molar-refractivity contribution in [2.45, 2.75) is 31.5 Å². The largest absolute Gasteiger partial charge is 0.334 e. The zero-order valence-electron chi connectivity index (χ0n) is 11.4. The van der Waals surface area contributed by atoms with Crippen molar-refractivity contribution in [2.24, 2.45) is 0 Å². The molecule has 2 rings (SSSR count). The molecule has 0 aliphatic carbocycles. The van der Waals surface area contributed by atoms with Crippen LogP contribution in [0.2, 0.25) is 0 Å². The molecule has 7 nitrogen and oxygen atoms in total. The highest BCUT2D eigenvalue weighted by Gasteiger charge is 2.21. The summed E-state index contributed by atoms with van der Waals surface area (Å²) in [4.78, 5) is 18.4. The quantitative estimate of drug-likeness (QED) is 0.887. The molecule has 0 atom stereocenters. The van der Waals surface area contributed by atoms with Crippen LogP contribution in [0.3, 0.4) is 0 Å². The number of nitrogens with one attached hydrogen (secondary N) is 2. The summed E-state index contributed by atoms with van der Waals surface area (Å²) in [5, 5.41) is -0.233. The summed E-state index contributed by atoms with van der Waals surface area (Å²) in [6, 6.07) is 3.04. The average Bonchev–Trinajstić information content (AvgIpc) is 2.84. The molecule has 0 amide bonds. The molecular weight excluding hydrogens is 280 g/mol. The van der Waals surface area contributed by atoms with E-state index in [0.717, 1.165) is 0 Å². The van der Waals surface area contributed by atoms with Crippen molar-refractivity contribution in [3.05, 3.63) is 41.1 Å². The molecule has 0 radical (unpaired) electrons. The van der Waals surface area contributed by atoms with Gasteiger partial charge in [0.05, 0.1) is 0 Å². The molecule has 0 saturated carbocycles. The minimum atomic E-state index is -3.88. The molecule has 2 heterocycles. The van der Waals surface area contributed by atoms with E-state index in [-0.39, 0.29) is 10.8 Å². The van der Waals surface area contributed by atoms with Crippen LogP contribution < -0.4 is 10.3 Å². The number of aromatic nitrogens is 3. The van der Waals surface area contributed by atoms with Crippen molar-refractivity contribution < 1.29 is 8.42 Å². The number of nitrogens with zero attached hydrogens (tertiary/aromatic N) is 2. The Morgan fingerprint density at radius 3 is 2.60 bits per heavy atom. The van der Waals surface area contributed by atoms with Crippen molar-refractivity contribution in [3.63, 3.8) is 0 Å². The lowest BCUT2D eigenvalue weighted by atomic mass is 10.1. The molecular formula is C12H16N4O3S. The number of H-pyrrole nitrogens is 1. The molecule has 0 aliphatic rings. The Kier molecular flexibility index (Phi) is 3.43. The van der Waals surface area contributed by atoms with E-state index in [1.54, 1.807) is 12.3 Å². The first kappa shape index (κ1) is 14.3. The number of hydrogen-bond donors (Lipinski definition) is 2. The van der Waals surface area contributed by atoms with Crippen molar-refractivity contribution in [2.75, 3.05) is 4.72 Å². The third-order valence-corrected chi connectivity index (χ3v) is 3.86. The number of aromatic amines is 1. The Balaban J connectivity index is 2.44. The van der Waals surface area contributed by atoms with Crippen LogP contribution in [-0.4, -0.2) is 23.0 Å². The lowest BCUT2D eigenvalue weighted by molar-refractivity contribution is 0.385. The van der Waals surface area contributed by atoms with Gasteiger partial charge < -0.3 is 9.55 Å². The second kappa shape index (κ2) is 4.78. The van der Waals surface area contributed by atoms with Crippen LogP contribution in [0.4, 0.5) is 5.69 Å². The van der Waals surface area contributed by atoms with Crippen LogP contribution in [0.5, 0.6) is 0 Å². The maximum atomic E-state index is 12.3. The van der Waals surface area contributed by atoms with Gasteiger partial charge >= 0.3 is 0 Å². The fourth-order valence-electron chi connectivity index (χ4n) is 1.69. The smallest absolute Gasteiger partial charge is 0.295 e. The molecule has 0 bridgehead atoms. The molecule has 2 N–H and O–H groups in total. The first-order valence-electron chi connectivity index (χ1n) is 5.96. The molecule has 0 aliphatic heterocycles. The first-order chi connectivity index (χ1) is 9.22. The Labute approximate surface area is 116 Å². The fraction of sp³-hybridized carbons (Fsp3) is 0.333. The number of hydrogen-bond acceptors (Lipinski definition) is 4. The molecule has 2 aromatic rings. The Hall–Kier alpha value is -2.09. The Morgan fingerprint density at radius 2 is 2.05 bits per heavy atom. The van der Waals surface area contributed by atoms with Crippen LogP contribution in [0.25, 0.3) is 0 Å². The standard InChI is InChI=1S/C12H16N4O3S/c1-12(2,3)16-8-4-5-9(10(16)17)15-20(18,19)11-13-6-7-14-11/h4-8,15H,1-3H3,(H,13,14). The lowest BCUT2D eigenvalue weighted by Gasteiger charge is -2.22. The zero-order valence-corrected chi connectivity index (χ0v) is 12.2. The third kappa shape index (κ3) is 2.74. The molecule has 2 aromatic heterocycles. The van der Waals surface area contributed by atoms with E-state index in [0.29, 0.717) is 0 Å². The van der Waals surface area contributed by atoms with Crippen LogP contribution in [0.1, 0.15) is 20.8 Å². The Morgan fingerprint density at radius 1 is 1.35 bits per heavy atom. The summed E-state index contributed by atoms with van der Waals surface area (Å²) >= 11 is 0. The van der Waals surface area contributed by atoms with Gasteiger partial charge in [0.25, 0.3) is 15.6 Å². The minimum absolute atomic E-state index is 0.0150. The van der Waals surface area contributed by atoms with E-state index in [1.807, 2.05) is 20.8 Å². The van der Waals surface area contributed by atoms with Gasteiger partial charge in [0, 0.05) is 24.1 Å². The molecule has 20 heavy (non-hydrogen) atoms. The third-order valence-electron chi connectivity index (χ3n) is 2.64. The van der Waals surface area contributed by atoms with Gasteiger partial charge in [-0.25, -0.2) is 4.98 Å². The molecule has 0 saturated heterocycles. The minimum Gasteiger partial charge on any atom is -0.334 e. The maximum absolute atomic E-state index is 12.3. The molecule has 0 spiro atoms. The fourth-order valence-corrected chi connectivity index (χ4v) is 2.66. The number of pyridine rings is 1. The number of anilines is 1. The van der Waals surface area contributed by atoms with Crippen molar-refractivity contribution >= 4 is 15.7 Å². The van der Waals surface area contributed by atoms with Gasteiger partial charge in [-0.05, 0) is 32.9 Å². The van der Waals surface area contributed by atoms with Gasteiger partial charge in [-0.1, -0.05) is 0 Å². The molecule has 8 heteroatoms. The summed E-state index contributed by atoms with van der Waals surface area (Å²) in [5.74, 6) is 0. The van der Waals surface area contributed by atoms with Crippen LogP contribution in [-0.2, 0) is 15.6 Å². The summed E-state index contributed by atoms with van der Waals surface area (Å²) < 4.78 is 27.8. The second-order valence-corrected chi connectivity index (χ2v) is 6.87. The molecule has 0 fully saturated rings. The number of rotatable bonds is 3. The van der Waals surface area contributed by atoms with E-state index < -0.39 is 21.1 Å². The lowest BCUT2D eigenvalue weighted by Crippen LogP contribution is -2.35. The molecule has 108 valence electrons. The van der Waals surface area contributed by atoms with E-state index >= 15 is 0 Å². The summed E-state index contributed by atoms with van der Waals surface area (Å²) in [6.07, 6.45) is 4.34. The van der Waals surface area contributed by atoms with E-state index in [9.17, 15) is 13.2 Å². The van der Waals surface area contributed by atoms with Gasteiger partial charge in [0.1, 0.15) is 5.69 Å². The zero-order chi connectivity index (χ0) is 15.0. The summed E-state index contributed by atoms with van der Waals surface area (Å²) in [7, 11) is -3.88. The summed E-state index contributed by atoms with van der Waals surface area (Å²) in [5.41, 5.74) is -0.864. The summed E-state index contributed by atoms with van der Waals surface area (Å²) in [6.45, 7) is 5.58. The van der Waals surface area contributed by atoms with Crippen LogP contribution in [0, 0.1) is 0 Å². The average molecular weight is 296 g/mol. The normalized spacial score (nSPS) is 12.3. The number of imidazole rings is 1. The van der Waals surface area contributed by atoms with E-state index in [1.165, 1.54) is 23.0 Å². The van der Waals surface area contributed by atoms with Crippen LogP contribution in [0.15, 0.2) is 40.7 Å². The second-order valence-electron chi connectivity index (χ2n) is 5.27. The number of sulfonamides is 1. The SMILES string of the molecule is CC(C)(C)n1cccc(NS(=O)(=O)c2ncc[nH]2)c1=O. The van der Waals surface area contributed by atoms with Gasteiger partial charge in [0.15, 0.2) is 0 Å². The highest BCUT2D eigenvalue weighted by atomic mass is 32.2. The van der Waals surface area contributed by atoms with Crippen molar-refractivity contribution in [3.8, 4) is 0 Å². The predicted molar refractivity (Wildman–Crippen MR) is 75.1 cm³/mol. The highest BCUT2D eigenvalue weighted by Crippen LogP contribution is 2.13. The van der Waals surface area contributed by atoms with Gasteiger partial charge in [-0.3, -0.25) is 9.52 Å². The predicted octanol–water partition coefficient (Wildman–Crippen LogP) is 1.13. The Bertz CT molecular complexity index is 755.